The van der Waals surface area contributed by atoms with Crippen LogP contribution in [0.5, 0.6) is 5.75 Å². The average molecular weight is 559 g/mol. The van der Waals surface area contributed by atoms with E-state index in [1.165, 1.54) is 12.1 Å². The van der Waals surface area contributed by atoms with Gasteiger partial charge in [0.15, 0.2) is 0 Å². The van der Waals surface area contributed by atoms with E-state index in [0.717, 1.165) is 31.6 Å². The topological polar surface area (TPSA) is 53.0 Å². The number of alkyl halides is 6. The van der Waals surface area contributed by atoms with Gasteiger partial charge in [-0.3, -0.25) is 14.6 Å². The van der Waals surface area contributed by atoms with Gasteiger partial charge in [-0.25, -0.2) is 0 Å². The van der Waals surface area contributed by atoms with Gasteiger partial charge in [-0.2, -0.15) is 26.3 Å². The summed E-state index contributed by atoms with van der Waals surface area (Å²) in [6, 6.07) is 8.02. The van der Waals surface area contributed by atoms with E-state index in [4.69, 9.17) is 4.74 Å². The number of carbonyl (C=O) groups is 1. The SMILES string of the molecule is O=C(O)[C@@H]1CC[C@@H]2CN(Cc3ccc4c(C(F)(F)F)c(O[C@H]5CC[C@H](C(F)(F)F)CC5)ccc4c3)CCN2C1. The third-order valence-electron chi connectivity index (χ3n) is 8.51. The number of rotatable bonds is 5. The summed E-state index contributed by atoms with van der Waals surface area (Å²) in [5, 5.41) is 9.74. The van der Waals surface area contributed by atoms with E-state index in [9.17, 15) is 36.2 Å². The highest BCUT2D eigenvalue weighted by molar-refractivity contribution is 5.89. The van der Waals surface area contributed by atoms with Crippen LogP contribution in [0.25, 0.3) is 10.8 Å². The standard InChI is InChI=1S/C28H32F6N2O3/c29-27(30,31)20-4-7-22(8-5-20)39-24-10-3-18-13-17(1-9-23(18)25(24)28(32,33)34)14-35-11-12-36-15-19(26(37)38)2-6-21(36)16-35/h1,3,9-10,13,19-22H,2,4-8,11-12,14-16H2,(H,37,38)/t19-,20-,21-,22-/m1/s1. The van der Waals surface area contributed by atoms with Crippen molar-refractivity contribution in [3.63, 3.8) is 0 Å². The number of nitrogens with zero attached hydrogens (tertiary/aromatic N) is 2. The number of fused-ring (bicyclic) bond motifs is 2. The third-order valence-corrected chi connectivity index (χ3v) is 8.51. The van der Waals surface area contributed by atoms with Crippen LogP contribution in [0.2, 0.25) is 0 Å². The minimum Gasteiger partial charge on any atom is -0.490 e. The van der Waals surface area contributed by atoms with Crippen molar-refractivity contribution in [3.05, 3.63) is 41.5 Å². The van der Waals surface area contributed by atoms with Gasteiger partial charge in [0.1, 0.15) is 11.3 Å². The molecular formula is C28H32F6N2O3. The summed E-state index contributed by atoms with van der Waals surface area (Å²) in [5.41, 5.74) is -0.0178. The van der Waals surface area contributed by atoms with Crippen molar-refractivity contribution in [1.82, 2.24) is 9.80 Å². The van der Waals surface area contributed by atoms with Gasteiger partial charge in [0.05, 0.1) is 17.9 Å². The Hall–Kier alpha value is -2.53. The summed E-state index contributed by atoms with van der Waals surface area (Å²) in [6.45, 7) is 3.41. The molecule has 11 heteroatoms. The maximum Gasteiger partial charge on any atom is 0.420 e. The van der Waals surface area contributed by atoms with Crippen LogP contribution >= 0.6 is 0 Å². The fourth-order valence-electron chi connectivity index (χ4n) is 6.38. The first-order chi connectivity index (χ1) is 18.4. The number of carboxylic acid groups (broad SMARTS) is 1. The second-order valence-electron chi connectivity index (χ2n) is 11.1. The van der Waals surface area contributed by atoms with E-state index in [-0.39, 0.29) is 48.8 Å². The molecule has 1 saturated carbocycles. The Morgan fingerprint density at radius 1 is 0.923 bits per heavy atom. The average Bonchev–Trinajstić information content (AvgIpc) is 2.87. The zero-order chi connectivity index (χ0) is 27.9. The molecule has 2 aromatic carbocycles. The molecule has 0 spiro atoms. The van der Waals surface area contributed by atoms with Crippen LogP contribution in [0.3, 0.4) is 0 Å². The molecule has 0 aromatic heterocycles. The normalized spacial score (nSPS) is 27.3. The van der Waals surface area contributed by atoms with Crippen molar-refractivity contribution >= 4 is 16.7 Å². The Bertz CT molecular complexity index is 1190. The zero-order valence-electron chi connectivity index (χ0n) is 21.4. The second-order valence-corrected chi connectivity index (χ2v) is 11.1. The summed E-state index contributed by atoms with van der Waals surface area (Å²) < 4.78 is 87.1. The van der Waals surface area contributed by atoms with E-state index in [1.807, 2.05) is 0 Å². The lowest BCUT2D eigenvalue weighted by Crippen LogP contribution is -2.56. The molecule has 2 atom stereocenters. The maximum absolute atomic E-state index is 14.2. The fourth-order valence-corrected chi connectivity index (χ4v) is 6.38. The van der Waals surface area contributed by atoms with Crippen LogP contribution in [0.1, 0.15) is 49.7 Å². The number of halogens is 6. The molecule has 0 amide bonds. The number of carboxylic acids is 1. The molecular weight excluding hydrogens is 526 g/mol. The molecule has 0 unspecified atom stereocenters. The lowest BCUT2D eigenvalue weighted by Gasteiger charge is -2.45. The highest BCUT2D eigenvalue weighted by Crippen LogP contribution is 2.44. The molecule has 1 N–H and O–H groups in total. The van der Waals surface area contributed by atoms with Gasteiger partial charge in [-0.1, -0.05) is 18.2 Å². The van der Waals surface area contributed by atoms with Crippen molar-refractivity contribution in [2.24, 2.45) is 11.8 Å². The second kappa shape index (κ2) is 10.8. The van der Waals surface area contributed by atoms with Gasteiger partial charge in [-0.15, -0.1) is 0 Å². The molecule has 2 aliphatic heterocycles. The quantitative estimate of drug-likeness (QED) is 0.434. The van der Waals surface area contributed by atoms with E-state index in [0.29, 0.717) is 24.9 Å². The first-order valence-electron chi connectivity index (χ1n) is 13.4. The molecule has 1 aliphatic carbocycles. The number of ether oxygens (including phenoxy) is 1. The van der Waals surface area contributed by atoms with Crippen LogP contribution < -0.4 is 4.74 Å². The Balaban J connectivity index is 1.28. The zero-order valence-corrected chi connectivity index (χ0v) is 21.4. The lowest BCUT2D eigenvalue weighted by atomic mass is 9.87. The number of hydrogen-bond donors (Lipinski definition) is 1. The highest BCUT2D eigenvalue weighted by Gasteiger charge is 2.43. The number of hydrogen-bond acceptors (Lipinski definition) is 4. The first-order valence-corrected chi connectivity index (χ1v) is 13.4. The Morgan fingerprint density at radius 3 is 2.33 bits per heavy atom. The van der Waals surface area contributed by atoms with E-state index in [2.05, 4.69) is 9.80 Å². The molecule has 0 bridgehead atoms. The van der Waals surface area contributed by atoms with E-state index >= 15 is 0 Å². The summed E-state index contributed by atoms with van der Waals surface area (Å²) >= 11 is 0. The maximum atomic E-state index is 14.2. The largest absolute Gasteiger partial charge is 0.490 e. The molecule has 3 fully saturated rings. The van der Waals surface area contributed by atoms with Gasteiger partial charge in [-0.05, 0) is 67.0 Å². The molecule has 2 saturated heterocycles. The molecule has 214 valence electrons. The first kappa shape index (κ1) is 28.0. The van der Waals surface area contributed by atoms with E-state index in [1.54, 1.807) is 18.2 Å². The Labute approximate surface area is 222 Å². The van der Waals surface area contributed by atoms with Crippen molar-refractivity contribution in [2.45, 2.75) is 69.6 Å². The predicted octanol–water partition coefficient (Wildman–Crippen LogP) is 6.34. The molecule has 5 rings (SSSR count). The monoisotopic (exact) mass is 558 g/mol. The molecule has 0 radical (unpaired) electrons. The predicted molar refractivity (Wildman–Crippen MR) is 132 cm³/mol. The highest BCUT2D eigenvalue weighted by atomic mass is 19.4. The van der Waals surface area contributed by atoms with Crippen molar-refractivity contribution in [2.75, 3.05) is 26.2 Å². The molecule has 2 aromatic rings. The van der Waals surface area contributed by atoms with Gasteiger partial charge < -0.3 is 9.84 Å². The third kappa shape index (κ3) is 6.29. The van der Waals surface area contributed by atoms with Crippen LogP contribution in [-0.4, -0.2) is 65.4 Å². The number of benzene rings is 2. The van der Waals surface area contributed by atoms with Crippen molar-refractivity contribution < 1.29 is 41.0 Å². The smallest absolute Gasteiger partial charge is 0.420 e. The van der Waals surface area contributed by atoms with Crippen LogP contribution in [-0.2, 0) is 17.5 Å². The van der Waals surface area contributed by atoms with Gasteiger partial charge >= 0.3 is 18.3 Å². The Morgan fingerprint density at radius 2 is 1.67 bits per heavy atom. The number of aliphatic carboxylic acids is 1. The lowest BCUT2D eigenvalue weighted by molar-refractivity contribution is -0.185. The fraction of sp³-hybridized carbons (Fsp3) is 0.607. The number of piperazine rings is 1. The van der Waals surface area contributed by atoms with Crippen LogP contribution in [0, 0.1) is 11.8 Å². The number of piperidine rings is 1. The summed E-state index contributed by atoms with van der Waals surface area (Å²) in [4.78, 5) is 15.8. The molecule has 5 nitrogen and oxygen atoms in total. The summed E-state index contributed by atoms with van der Waals surface area (Å²) in [5.74, 6) is -2.86. The summed E-state index contributed by atoms with van der Waals surface area (Å²) in [7, 11) is 0. The van der Waals surface area contributed by atoms with Crippen molar-refractivity contribution in [1.29, 1.82) is 0 Å². The van der Waals surface area contributed by atoms with Gasteiger partial charge in [0.2, 0.25) is 0 Å². The van der Waals surface area contributed by atoms with Gasteiger partial charge in [0, 0.05) is 38.8 Å². The van der Waals surface area contributed by atoms with Crippen molar-refractivity contribution in [3.8, 4) is 5.75 Å². The summed E-state index contributed by atoms with van der Waals surface area (Å²) in [6.07, 6.45) is -8.40. The van der Waals surface area contributed by atoms with Crippen LogP contribution in [0.4, 0.5) is 26.3 Å². The minimum absolute atomic E-state index is 0.00420. The molecule has 39 heavy (non-hydrogen) atoms. The minimum atomic E-state index is -4.69. The Kier molecular flexibility index (Phi) is 7.76. The van der Waals surface area contributed by atoms with E-state index < -0.39 is 35.9 Å². The van der Waals surface area contributed by atoms with Crippen LogP contribution in [0.15, 0.2) is 30.3 Å². The molecule has 3 aliphatic rings. The van der Waals surface area contributed by atoms with Gasteiger partial charge in [0.25, 0.3) is 0 Å². The molecule has 2 heterocycles.